The van der Waals surface area contributed by atoms with Gasteiger partial charge in [0.15, 0.2) is 0 Å². The number of rotatable bonds is 7. The molecule has 0 N–H and O–H groups in total. The molecule has 0 spiro atoms. The molecule has 0 amide bonds. The predicted octanol–water partition coefficient (Wildman–Crippen LogP) is 12.9. The summed E-state index contributed by atoms with van der Waals surface area (Å²) in [6, 6.07) is 54.9. The fourth-order valence-electron chi connectivity index (χ4n) is 6.71. The van der Waals surface area contributed by atoms with Gasteiger partial charge in [-0.15, -0.1) is 0 Å². The first-order valence-corrected chi connectivity index (χ1v) is 16.4. The average Bonchev–Trinajstić information content (AvgIpc) is 3.13. The minimum absolute atomic E-state index is 0.168. The van der Waals surface area contributed by atoms with Gasteiger partial charge in [-0.3, -0.25) is 0 Å². The lowest BCUT2D eigenvalue weighted by Crippen LogP contribution is -2.44. The van der Waals surface area contributed by atoms with Gasteiger partial charge in [0.1, 0.15) is 5.41 Å². The maximum absolute atomic E-state index is 15.7. The molecule has 7 aromatic carbocycles. The molecule has 49 heavy (non-hydrogen) atoms. The van der Waals surface area contributed by atoms with E-state index in [1.165, 1.54) is 11.1 Å². The third kappa shape index (κ3) is 6.21. The summed E-state index contributed by atoms with van der Waals surface area (Å²) in [5.41, 5.74) is 8.56. The fraction of sp³-hybridized carbons (Fsp3) is 0.0870. The Balaban J connectivity index is 1.24. The zero-order valence-electron chi connectivity index (χ0n) is 27.4. The van der Waals surface area contributed by atoms with Crippen LogP contribution in [0, 0.1) is 13.8 Å². The summed E-state index contributed by atoms with van der Waals surface area (Å²) in [6.07, 6.45) is -4.62. The molecule has 0 saturated heterocycles. The van der Waals surface area contributed by atoms with Crippen molar-refractivity contribution >= 4 is 0 Å². The van der Waals surface area contributed by atoms with Gasteiger partial charge in [-0.1, -0.05) is 187 Å². The largest absolute Gasteiger partial charge is 0.406 e. The van der Waals surface area contributed by atoms with Crippen molar-refractivity contribution in [1.82, 2.24) is 0 Å². The number of halogens is 3. The first-order valence-electron chi connectivity index (χ1n) is 16.4. The molecule has 0 nitrogen and oxygen atoms in total. The molecule has 7 aromatic rings. The summed E-state index contributed by atoms with van der Waals surface area (Å²) >= 11 is 0. The Morgan fingerprint density at radius 2 is 0.510 bits per heavy atom. The SMILES string of the molecule is Cc1ccc(-c2ccc(-c3ccc(C(c4ccccc4)(c4ccc(-c5ccc(-c6ccc(C)cc6)cc5)cc4)C(F)(F)F)cc3)cc2)cc1. The molecule has 3 heteroatoms. The van der Waals surface area contributed by atoms with Crippen molar-refractivity contribution in [3.63, 3.8) is 0 Å². The Labute approximate surface area is 286 Å². The van der Waals surface area contributed by atoms with E-state index in [2.05, 4.69) is 86.6 Å². The van der Waals surface area contributed by atoms with E-state index >= 15 is 13.2 Å². The number of hydrogen-bond acceptors (Lipinski definition) is 0. The van der Waals surface area contributed by atoms with E-state index in [0.717, 1.165) is 44.5 Å². The molecule has 0 heterocycles. The van der Waals surface area contributed by atoms with Crippen LogP contribution in [0.25, 0.3) is 44.5 Å². The van der Waals surface area contributed by atoms with Gasteiger partial charge in [-0.25, -0.2) is 0 Å². The van der Waals surface area contributed by atoms with E-state index in [1.807, 2.05) is 24.3 Å². The lowest BCUT2D eigenvalue weighted by atomic mass is 9.68. The van der Waals surface area contributed by atoms with Crippen molar-refractivity contribution in [3.05, 3.63) is 204 Å². The average molecular weight is 645 g/mol. The topological polar surface area (TPSA) is 0 Å². The zero-order valence-corrected chi connectivity index (χ0v) is 27.4. The van der Waals surface area contributed by atoms with E-state index in [4.69, 9.17) is 0 Å². The second-order valence-electron chi connectivity index (χ2n) is 12.7. The van der Waals surface area contributed by atoms with Crippen molar-refractivity contribution < 1.29 is 13.2 Å². The second-order valence-corrected chi connectivity index (χ2v) is 12.7. The van der Waals surface area contributed by atoms with Crippen LogP contribution in [-0.4, -0.2) is 6.18 Å². The van der Waals surface area contributed by atoms with Crippen molar-refractivity contribution in [3.8, 4) is 44.5 Å². The van der Waals surface area contributed by atoms with E-state index in [0.29, 0.717) is 0 Å². The van der Waals surface area contributed by atoms with Gasteiger partial charge in [0.05, 0.1) is 0 Å². The highest BCUT2D eigenvalue weighted by atomic mass is 19.4. The summed E-state index contributed by atoms with van der Waals surface area (Å²) < 4.78 is 47.2. The van der Waals surface area contributed by atoms with Crippen LogP contribution >= 0.6 is 0 Å². The Morgan fingerprint density at radius 1 is 0.286 bits per heavy atom. The van der Waals surface area contributed by atoms with Crippen LogP contribution in [0.4, 0.5) is 13.2 Å². The van der Waals surface area contributed by atoms with E-state index < -0.39 is 11.6 Å². The second kappa shape index (κ2) is 13.1. The van der Waals surface area contributed by atoms with Crippen LogP contribution in [-0.2, 0) is 5.41 Å². The molecule has 0 bridgehead atoms. The Hall–Kier alpha value is -5.67. The molecular formula is C46H35F3. The Morgan fingerprint density at radius 3 is 0.776 bits per heavy atom. The zero-order chi connectivity index (χ0) is 34.0. The highest BCUT2D eigenvalue weighted by molar-refractivity contribution is 5.73. The lowest BCUT2D eigenvalue weighted by molar-refractivity contribution is -0.166. The van der Waals surface area contributed by atoms with Gasteiger partial charge in [0.2, 0.25) is 0 Å². The minimum Gasteiger partial charge on any atom is -0.169 e. The molecule has 240 valence electrons. The van der Waals surface area contributed by atoms with Gasteiger partial charge in [-0.2, -0.15) is 13.2 Å². The molecule has 0 aliphatic carbocycles. The number of hydrogen-bond donors (Lipinski definition) is 0. The monoisotopic (exact) mass is 644 g/mol. The van der Waals surface area contributed by atoms with Gasteiger partial charge >= 0.3 is 6.18 Å². The molecule has 0 aliphatic heterocycles. The van der Waals surface area contributed by atoms with Crippen LogP contribution in [0.5, 0.6) is 0 Å². The maximum atomic E-state index is 15.7. The van der Waals surface area contributed by atoms with Crippen molar-refractivity contribution in [1.29, 1.82) is 0 Å². The smallest absolute Gasteiger partial charge is 0.169 e. The summed E-state index contributed by atoms with van der Waals surface area (Å²) in [4.78, 5) is 0. The van der Waals surface area contributed by atoms with E-state index in [9.17, 15) is 0 Å². The summed E-state index contributed by atoms with van der Waals surface area (Å²) in [6.45, 7) is 4.12. The Kier molecular flexibility index (Phi) is 8.52. The number of aryl methyl sites for hydroxylation is 2. The normalized spacial score (nSPS) is 11.8. The van der Waals surface area contributed by atoms with E-state index in [1.54, 1.807) is 78.9 Å². The van der Waals surface area contributed by atoms with Crippen LogP contribution in [0.2, 0.25) is 0 Å². The molecule has 0 unspecified atom stereocenters. The first-order chi connectivity index (χ1) is 23.7. The number of benzene rings is 7. The molecule has 7 rings (SSSR count). The summed E-state index contributed by atoms with van der Waals surface area (Å²) in [7, 11) is 0. The van der Waals surface area contributed by atoms with Gasteiger partial charge in [-0.05, 0) is 75.0 Å². The molecule has 0 fully saturated rings. The van der Waals surface area contributed by atoms with E-state index in [-0.39, 0.29) is 16.7 Å². The fourth-order valence-corrected chi connectivity index (χ4v) is 6.71. The van der Waals surface area contributed by atoms with Crippen molar-refractivity contribution in [2.24, 2.45) is 0 Å². The van der Waals surface area contributed by atoms with Crippen molar-refractivity contribution in [2.45, 2.75) is 25.4 Å². The highest BCUT2D eigenvalue weighted by Gasteiger charge is 2.58. The molecule has 0 aliphatic rings. The summed E-state index contributed by atoms with van der Waals surface area (Å²) in [5, 5.41) is 0. The van der Waals surface area contributed by atoms with Gasteiger partial charge in [0.25, 0.3) is 0 Å². The van der Waals surface area contributed by atoms with Crippen LogP contribution in [0.15, 0.2) is 176 Å². The predicted molar refractivity (Wildman–Crippen MR) is 196 cm³/mol. The van der Waals surface area contributed by atoms with Crippen molar-refractivity contribution in [2.75, 3.05) is 0 Å². The quantitative estimate of drug-likeness (QED) is 0.152. The molecule has 0 atom stereocenters. The molecule has 0 radical (unpaired) electrons. The van der Waals surface area contributed by atoms with Crippen LogP contribution in [0.1, 0.15) is 27.8 Å². The third-order valence-corrected chi connectivity index (χ3v) is 9.47. The highest BCUT2D eigenvalue weighted by Crippen LogP contribution is 2.51. The van der Waals surface area contributed by atoms with Crippen LogP contribution < -0.4 is 0 Å². The number of alkyl halides is 3. The van der Waals surface area contributed by atoms with Crippen LogP contribution in [0.3, 0.4) is 0 Å². The standard InChI is InChI=1S/C46H35F3/c1-32-8-12-34(13-9-32)36-16-20-38(21-17-36)40-24-28-43(29-25-40)45(46(47,48)49,42-6-4-3-5-7-42)44-30-26-41(27-31-44)39-22-18-37(19-23-39)35-14-10-33(2)11-15-35/h3-31H,1-2H3. The minimum atomic E-state index is -4.62. The summed E-state index contributed by atoms with van der Waals surface area (Å²) in [5.74, 6) is 0. The Bertz CT molecular complexity index is 2010. The molecular weight excluding hydrogens is 610 g/mol. The third-order valence-electron chi connectivity index (χ3n) is 9.47. The molecule has 0 aromatic heterocycles. The first kappa shape index (κ1) is 31.9. The molecule has 0 saturated carbocycles. The lowest BCUT2D eigenvalue weighted by Gasteiger charge is -2.37. The maximum Gasteiger partial charge on any atom is 0.406 e. The van der Waals surface area contributed by atoms with Gasteiger partial charge in [0, 0.05) is 0 Å². The van der Waals surface area contributed by atoms with Gasteiger partial charge < -0.3 is 0 Å².